The summed E-state index contributed by atoms with van der Waals surface area (Å²) in [6.45, 7) is 4.23. The second kappa shape index (κ2) is 7.75. The van der Waals surface area contributed by atoms with Gasteiger partial charge < -0.3 is 5.32 Å². The number of hydrogen-bond acceptors (Lipinski definition) is 3. The number of hydrogen-bond donors (Lipinski definition) is 1. The summed E-state index contributed by atoms with van der Waals surface area (Å²) in [6.07, 6.45) is 4.89. The van der Waals surface area contributed by atoms with Crippen LogP contribution in [0.2, 0.25) is 0 Å². The van der Waals surface area contributed by atoms with Crippen LogP contribution in [0, 0.1) is 5.41 Å². The van der Waals surface area contributed by atoms with E-state index in [1.807, 2.05) is 79.1 Å². The number of aromatic nitrogens is 1. The molecule has 5 heteroatoms. The molecule has 0 bridgehead atoms. The number of aromatic amines is 1. The molecule has 1 atom stereocenters. The summed E-state index contributed by atoms with van der Waals surface area (Å²) >= 11 is 0. The van der Waals surface area contributed by atoms with Gasteiger partial charge in [-0.1, -0.05) is 44.2 Å². The van der Waals surface area contributed by atoms with E-state index in [9.17, 15) is 9.59 Å². The zero-order chi connectivity index (χ0) is 22.3. The van der Waals surface area contributed by atoms with Gasteiger partial charge in [0.05, 0.1) is 17.4 Å². The fraction of sp³-hybridized carbons (Fsp3) is 0.222. The highest BCUT2D eigenvalue weighted by Crippen LogP contribution is 2.48. The number of carbonyl (C=O) groups is 2. The Labute approximate surface area is 187 Å². The van der Waals surface area contributed by atoms with Crippen molar-refractivity contribution < 1.29 is 14.6 Å². The first-order valence-electron chi connectivity index (χ1n) is 10.9. The van der Waals surface area contributed by atoms with E-state index >= 15 is 0 Å². The number of ketones is 1. The molecule has 0 radical (unpaired) electrons. The minimum absolute atomic E-state index is 0.0799. The summed E-state index contributed by atoms with van der Waals surface area (Å²) < 4.78 is 0. The van der Waals surface area contributed by atoms with Gasteiger partial charge in [-0.05, 0) is 42.2 Å². The molecule has 1 unspecified atom stereocenters. The van der Waals surface area contributed by atoms with E-state index in [2.05, 4.69) is 24.1 Å². The molecule has 0 saturated heterocycles. The molecule has 1 aliphatic carbocycles. The Balaban J connectivity index is 1.79. The second-order valence-electron chi connectivity index (χ2n) is 9.26. The van der Waals surface area contributed by atoms with Gasteiger partial charge >= 0.3 is 0 Å². The molecule has 2 aromatic carbocycles. The van der Waals surface area contributed by atoms with Gasteiger partial charge in [0.2, 0.25) is 0 Å². The summed E-state index contributed by atoms with van der Waals surface area (Å²) in [5.74, 6) is -0.0589. The Hall–Kier alpha value is -3.73. The lowest BCUT2D eigenvalue weighted by Crippen LogP contribution is -2.39. The van der Waals surface area contributed by atoms with Gasteiger partial charge in [0.15, 0.2) is 18.2 Å². The number of H-pyrrole nitrogens is 1. The van der Waals surface area contributed by atoms with Crippen molar-refractivity contribution in [2.45, 2.75) is 32.7 Å². The zero-order valence-electron chi connectivity index (χ0n) is 18.3. The molecule has 1 amide bonds. The number of pyridine rings is 1. The summed E-state index contributed by atoms with van der Waals surface area (Å²) in [5, 5.41) is 3.54. The van der Waals surface area contributed by atoms with E-state index in [1.165, 1.54) is 0 Å². The fourth-order valence-corrected chi connectivity index (χ4v) is 4.82. The smallest absolute Gasteiger partial charge is 0.259 e. The van der Waals surface area contributed by atoms with Gasteiger partial charge in [-0.3, -0.25) is 14.5 Å². The lowest BCUT2D eigenvalue weighted by molar-refractivity contribution is -0.378. The van der Waals surface area contributed by atoms with Crippen LogP contribution in [0.4, 0.5) is 11.4 Å². The van der Waals surface area contributed by atoms with Crippen LogP contribution in [-0.4, -0.2) is 11.7 Å². The van der Waals surface area contributed by atoms with E-state index in [0.29, 0.717) is 17.6 Å². The molecule has 2 aliphatic rings. The van der Waals surface area contributed by atoms with Crippen molar-refractivity contribution in [2.24, 2.45) is 5.41 Å². The molecule has 0 saturated carbocycles. The molecule has 5 nitrogen and oxygen atoms in total. The van der Waals surface area contributed by atoms with Crippen molar-refractivity contribution in [1.29, 1.82) is 0 Å². The average molecular weight is 425 g/mol. The monoisotopic (exact) mass is 424 g/mol. The van der Waals surface area contributed by atoms with E-state index in [0.717, 1.165) is 29.1 Å². The molecule has 1 aromatic heterocycles. The highest BCUT2D eigenvalue weighted by Gasteiger charge is 2.43. The predicted molar refractivity (Wildman–Crippen MR) is 124 cm³/mol. The third-order valence-electron chi connectivity index (χ3n) is 6.19. The Morgan fingerprint density at radius 2 is 1.75 bits per heavy atom. The molecule has 0 fully saturated rings. The standard InChI is InChI=1S/C27H25N3O2/c1-27(2)15-21-24(23(31)16-27)25(19-11-8-14-28-17-19)30(22-13-7-6-12-20(22)29-21)26(32)18-9-4-3-5-10-18/h3-14,17,25,29H,15-16H2,1-2H3/p+1. The highest BCUT2D eigenvalue weighted by molar-refractivity contribution is 6.12. The normalized spacial score (nSPS) is 19.5. The number of allylic oxidation sites excluding steroid dienone is 1. The third-order valence-corrected chi connectivity index (χ3v) is 6.19. The summed E-state index contributed by atoms with van der Waals surface area (Å²) in [5.41, 5.74) is 4.47. The van der Waals surface area contributed by atoms with Crippen LogP contribution in [0.1, 0.15) is 48.7 Å². The van der Waals surface area contributed by atoms with Gasteiger partial charge in [-0.25, -0.2) is 4.98 Å². The molecular weight excluding hydrogens is 398 g/mol. The maximum Gasteiger partial charge on any atom is 0.259 e. The van der Waals surface area contributed by atoms with Crippen molar-refractivity contribution in [1.82, 2.24) is 0 Å². The third kappa shape index (κ3) is 3.50. The average Bonchev–Trinajstić information content (AvgIpc) is 2.93. The largest absolute Gasteiger partial charge is 0.357 e. The zero-order valence-corrected chi connectivity index (χ0v) is 18.3. The van der Waals surface area contributed by atoms with Crippen molar-refractivity contribution in [2.75, 3.05) is 10.2 Å². The summed E-state index contributed by atoms with van der Waals surface area (Å²) in [4.78, 5) is 32.5. The number of rotatable bonds is 2. The number of benzene rings is 2. The van der Waals surface area contributed by atoms with Crippen LogP contribution in [-0.2, 0) is 4.79 Å². The van der Waals surface area contributed by atoms with Crippen LogP contribution in [0.3, 0.4) is 0 Å². The topological polar surface area (TPSA) is 63.6 Å². The van der Waals surface area contributed by atoms with Crippen molar-refractivity contribution in [3.8, 4) is 0 Å². The minimum atomic E-state index is -0.532. The van der Waals surface area contributed by atoms with E-state index < -0.39 is 6.04 Å². The SMILES string of the molecule is CC1(C)CC(=O)C2=C(C1)Nc1ccccc1N(C(=O)c1ccccc1)C2c1ccc[nH+]c1. The molecule has 32 heavy (non-hydrogen) atoms. The fourth-order valence-electron chi connectivity index (χ4n) is 4.82. The van der Waals surface area contributed by atoms with Crippen LogP contribution in [0.5, 0.6) is 0 Å². The first-order chi connectivity index (χ1) is 15.4. The number of amides is 1. The summed E-state index contributed by atoms with van der Waals surface area (Å²) in [7, 11) is 0. The Bertz CT molecular complexity index is 1220. The first-order valence-corrected chi connectivity index (χ1v) is 10.9. The number of Topliss-reactive ketones (excluding diaryl/α,β-unsaturated/α-hetero) is 1. The number of nitrogens with one attached hydrogen (secondary N) is 2. The van der Waals surface area contributed by atoms with Crippen LogP contribution >= 0.6 is 0 Å². The highest BCUT2D eigenvalue weighted by atomic mass is 16.2. The second-order valence-corrected chi connectivity index (χ2v) is 9.26. The lowest BCUT2D eigenvalue weighted by Gasteiger charge is -2.36. The Kier molecular flexibility index (Phi) is 4.89. The number of carbonyl (C=O) groups excluding carboxylic acids is 2. The molecule has 2 N–H and O–H groups in total. The molecule has 1 aliphatic heterocycles. The van der Waals surface area contributed by atoms with Crippen LogP contribution in [0.25, 0.3) is 0 Å². The number of para-hydroxylation sites is 2. The summed E-state index contributed by atoms with van der Waals surface area (Å²) in [6, 6.07) is 20.4. The minimum Gasteiger partial charge on any atom is -0.357 e. The Morgan fingerprint density at radius 3 is 2.50 bits per heavy atom. The molecule has 2 heterocycles. The van der Waals surface area contributed by atoms with E-state index in [4.69, 9.17) is 0 Å². The molecule has 0 spiro atoms. The Morgan fingerprint density at radius 1 is 1.00 bits per heavy atom. The maximum absolute atomic E-state index is 14.0. The predicted octanol–water partition coefficient (Wildman–Crippen LogP) is 4.96. The van der Waals surface area contributed by atoms with Gasteiger partial charge in [0.1, 0.15) is 0 Å². The van der Waals surface area contributed by atoms with Crippen molar-refractivity contribution in [3.05, 3.63) is 102 Å². The molecule has 3 aromatic rings. The van der Waals surface area contributed by atoms with Crippen molar-refractivity contribution in [3.63, 3.8) is 0 Å². The molecular formula is C27H26N3O2+. The maximum atomic E-state index is 14.0. The van der Waals surface area contributed by atoms with Crippen LogP contribution < -0.4 is 15.2 Å². The molecule has 5 rings (SSSR count). The number of nitrogens with zero attached hydrogens (tertiary/aromatic N) is 1. The van der Waals surface area contributed by atoms with Gasteiger partial charge in [0.25, 0.3) is 5.91 Å². The lowest BCUT2D eigenvalue weighted by atomic mass is 9.73. The van der Waals surface area contributed by atoms with Gasteiger partial charge in [0, 0.05) is 34.9 Å². The van der Waals surface area contributed by atoms with E-state index in [1.54, 1.807) is 4.90 Å². The quantitative estimate of drug-likeness (QED) is 0.633. The van der Waals surface area contributed by atoms with E-state index in [-0.39, 0.29) is 17.1 Å². The van der Waals surface area contributed by atoms with Gasteiger partial charge in [-0.2, -0.15) is 0 Å². The number of fused-ring (bicyclic) bond motifs is 1. The molecule has 160 valence electrons. The van der Waals surface area contributed by atoms with Crippen LogP contribution in [0.15, 0.2) is 90.4 Å². The number of anilines is 2. The van der Waals surface area contributed by atoms with Crippen molar-refractivity contribution >= 4 is 23.1 Å². The van der Waals surface area contributed by atoms with Gasteiger partial charge in [-0.15, -0.1) is 0 Å². The first kappa shape index (κ1) is 20.2.